The van der Waals surface area contributed by atoms with Crippen LogP contribution in [0.4, 0.5) is 8.78 Å². The quantitative estimate of drug-likeness (QED) is 0.829. The Morgan fingerprint density at radius 1 is 1.47 bits per heavy atom. The van der Waals surface area contributed by atoms with Gasteiger partial charge in [-0.25, -0.2) is 13.8 Å². The molecule has 17 heavy (non-hydrogen) atoms. The predicted molar refractivity (Wildman–Crippen MR) is 55.3 cm³/mol. The molecule has 2 aromatic rings. The number of hydrogen-bond acceptors (Lipinski definition) is 3. The minimum absolute atomic E-state index is 0.0586. The fraction of sp³-hybridized carbons (Fsp3) is 0.200. The average molecular weight is 241 g/mol. The molecule has 1 atom stereocenters. The molecule has 1 unspecified atom stereocenters. The summed E-state index contributed by atoms with van der Waals surface area (Å²) in [4.78, 5) is 14.4. The van der Waals surface area contributed by atoms with Gasteiger partial charge in [-0.3, -0.25) is 4.79 Å². The Bertz CT molecular complexity index is 582. The van der Waals surface area contributed by atoms with Gasteiger partial charge < -0.3 is 15.4 Å². The van der Waals surface area contributed by atoms with Gasteiger partial charge in [0.25, 0.3) is 0 Å². The van der Waals surface area contributed by atoms with Crippen molar-refractivity contribution in [1.29, 1.82) is 0 Å². The molecule has 3 N–H and O–H groups in total. The monoisotopic (exact) mass is 241 g/mol. The molecule has 5 nitrogen and oxygen atoms in total. The molecule has 7 heteroatoms. The van der Waals surface area contributed by atoms with E-state index >= 15 is 0 Å². The highest BCUT2D eigenvalue weighted by Crippen LogP contribution is 2.17. The largest absolute Gasteiger partial charge is 0.480 e. The van der Waals surface area contributed by atoms with E-state index in [1.807, 2.05) is 0 Å². The van der Waals surface area contributed by atoms with E-state index in [2.05, 4.69) is 4.98 Å². The first-order valence-electron chi connectivity index (χ1n) is 4.77. The number of rotatable bonds is 3. The first kappa shape index (κ1) is 11.5. The molecule has 2 rings (SSSR count). The summed E-state index contributed by atoms with van der Waals surface area (Å²) in [5.74, 6) is -3.18. The van der Waals surface area contributed by atoms with Crippen LogP contribution in [0, 0.1) is 11.6 Å². The highest BCUT2D eigenvalue weighted by molar-refractivity contribution is 5.76. The third kappa shape index (κ3) is 2.09. The molecule has 0 bridgehead atoms. The molecule has 0 saturated carbocycles. The minimum atomic E-state index is -1.17. The van der Waals surface area contributed by atoms with Gasteiger partial charge in [0.05, 0.1) is 23.9 Å². The molecule has 0 fully saturated rings. The summed E-state index contributed by atoms with van der Waals surface area (Å²) in [7, 11) is 0. The fourth-order valence-corrected chi connectivity index (χ4v) is 1.49. The lowest BCUT2D eigenvalue weighted by Crippen LogP contribution is -2.34. The number of carboxylic acid groups (broad SMARTS) is 1. The molecule has 0 amide bonds. The van der Waals surface area contributed by atoms with Crippen LogP contribution in [-0.4, -0.2) is 26.7 Å². The average Bonchev–Trinajstić information content (AvgIpc) is 2.62. The Labute approximate surface area is 94.5 Å². The summed E-state index contributed by atoms with van der Waals surface area (Å²) >= 11 is 0. The normalized spacial score (nSPS) is 12.9. The van der Waals surface area contributed by atoms with Crippen LogP contribution in [0.5, 0.6) is 0 Å². The van der Waals surface area contributed by atoms with E-state index < -0.39 is 23.6 Å². The number of halogens is 2. The number of imidazole rings is 1. The Balaban J connectivity index is 2.42. The van der Waals surface area contributed by atoms with Crippen molar-refractivity contribution >= 4 is 17.0 Å². The minimum Gasteiger partial charge on any atom is -0.480 e. The van der Waals surface area contributed by atoms with Gasteiger partial charge in [0, 0.05) is 12.1 Å². The number of aliphatic carboxylic acids is 1. The van der Waals surface area contributed by atoms with Crippen molar-refractivity contribution in [3.8, 4) is 0 Å². The van der Waals surface area contributed by atoms with Crippen LogP contribution < -0.4 is 5.73 Å². The molecule has 90 valence electrons. The first-order valence-corrected chi connectivity index (χ1v) is 4.77. The molecule has 0 saturated heterocycles. The molecule has 1 aromatic carbocycles. The third-order valence-corrected chi connectivity index (χ3v) is 2.37. The molecular weight excluding hydrogens is 232 g/mol. The second kappa shape index (κ2) is 4.10. The molecular formula is C10H9F2N3O2. The van der Waals surface area contributed by atoms with Crippen LogP contribution in [0.3, 0.4) is 0 Å². The zero-order valence-electron chi connectivity index (χ0n) is 8.60. The van der Waals surface area contributed by atoms with E-state index in [9.17, 15) is 13.6 Å². The van der Waals surface area contributed by atoms with Gasteiger partial charge in [0.1, 0.15) is 6.04 Å². The van der Waals surface area contributed by atoms with Gasteiger partial charge in [-0.15, -0.1) is 0 Å². The van der Waals surface area contributed by atoms with E-state index in [1.165, 1.54) is 10.9 Å². The molecule has 1 heterocycles. The zero-order valence-corrected chi connectivity index (χ0v) is 8.60. The van der Waals surface area contributed by atoms with Gasteiger partial charge in [0.15, 0.2) is 11.6 Å². The lowest BCUT2D eigenvalue weighted by atomic mass is 10.2. The van der Waals surface area contributed by atoms with Crippen LogP contribution in [0.25, 0.3) is 11.0 Å². The van der Waals surface area contributed by atoms with E-state index in [-0.39, 0.29) is 12.1 Å². The third-order valence-electron chi connectivity index (χ3n) is 2.37. The van der Waals surface area contributed by atoms with E-state index in [4.69, 9.17) is 10.8 Å². The maximum absolute atomic E-state index is 13.0. The lowest BCUT2D eigenvalue weighted by Gasteiger charge is -2.08. The van der Waals surface area contributed by atoms with Crippen molar-refractivity contribution in [1.82, 2.24) is 9.55 Å². The molecule has 0 spiro atoms. The molecule has 0 radical (unpaired) electrons. The van der Waals surface area contributed by atoms with Crippen molar-refractivity contribution in [3.05, 3.63) is 30.1 Å². The Kier molecular flexibility index (Phi) is 2.76. The standard InChI is InChI=1S/C10H9F2N3O2/c11-5-1-8-9(2-6(5)12)15(4-14-8)3-7(13)10(16)17/h1-2,4,7H,3,13H2,(H,16,17). The van der Waals surface area contributed by atoms with Crippen LogP contribution in [-0.2, 0) is 11.3 Å². The Morgan fingerprint density at radius 3 is 2.76 bits per heavy atom. The highest BCUT2D eigenvalue weighted by Gasteiger charge is 2.15. The van der Waals surface area contributed by atoms with E-state index in [0.29, 0.717) is 5.52 Å². The van der Waals surface area contributed by atoms with Gasteiger partial charge in [-0.2, -0.15) is 0 Å². The molecule has 0 aliphatic rings. The fourth-order valence-electron chi connectivity index (χ4n) is 1.49. The van der Waals surface area contributed by atoms with Crippen LogP contribution in [0.1, 0.15) is 0 Å². The number of fused-ring (bicyclic) bond motifs is 1. The van der Waals surface area contributed by atoms with Gasteiger partial charge in [0.2, 0.25) is 0 Å². The van der Waals surface area contributed by atoms with Crippen molar-refractivity contribution in [3.63, 3.8) is 0 Å². The number of nitrogens with zero attached hydrogens (tertiary/aromatic N) is 2. The Hall–Kier alpha value is -2.02. The molecule has 1 aromatic heterocycles. The van der Waals surface area contributed by atoms with Crippen molar-refractivity contribution in [2.45, 2.75) is 12.6 Å². The summed E-state index contributed by atoms with van der Waals surface area (Å²) in [6.07, 6.45) is 1.30. The Morgan fingerprint density at radius 2 is 2.12 bits per heavy atom. The zero-order chi connectivity index (χ0) is 12.6. The number of nitrogens with two attached hydrogens (primary N) is 1. The number of carbonyl (C=O) groups is 1. The predicted octanol–water partition coefficient (Wildman–Crippen LogP) is 0.726. The maximum atomic E-state index is 13.0. The SMILES string of the molecule is NC(Cn1cnc2cc(F)c(F)cc21)C(=O)O. The van der Waals surface area contributed by atoms with Crippen molar-refractivity contribution < 1.29 is 18.7 Å². The van der Waals surface area contributed by atoms with Crippen molar-refractivity contribution in [2.24, 2.45) is 5.73 Å². The highest BCUT2D eigenvalue weighted by atomic mass is 19.2. The maximum Gasteiger partial charge on any atom is 0.322 e. The topological polar surface area (TPSA) is 81.1 Å². The van der Waals surface area contributed by atoms with Gasteiger partial charge in [-0.05, 0) is 0 Å². The smallest absolute Gasteiger partial charge is 0.322 e. The van der Waals surface area contributed by atoms with Crippen LogP contribution in [0.2, 0.25) is 0 Å². The second-order valence-corrected chi connectivity index (χ2v) is 3.60. The molecule has 0 aliphatic carbocycles. The first-order chi connectivity index (χ1) is 7.99. The number of hydrogen-bond donors (Lipinski definition) is 2. The van der Waals surface area contributed by atoms with Crippen LogP contribution in [0.15, 0.2) is 18.5 Å². The summed E-state index contributed by atoms with van der Waals surface area (Å²) < 4.78 is 27.3. The summed E-state index contributed by atoms with van der Waals surface area (Å²) in [6, 6.07) is 0.792. The number of benzene rings is 1. The van der Waals surface area contributed by atoms with Gasteiger partial charge >= 0.3 is 5.97 Å². The second-order valence-electron chi connectivity index (χ2n) is 3.60. The van der Waals surface area contributed by atoms with Gasteiger partial charge in [-0.1, -0.05) is 0 Å². The summed E-state index contributed by atoms with van der Waals surface area (Å²) in [5.41, 5.74) is 5.91. The van der Waals surface area contributed by atoms with Crippen molar-refractivity contribution in [2.75, 3.05) is 0 Å². The number of carboxylic acids is 1. The van der Waals surface area contributed by atoms with Crippen LogP contribution >= 0.6 is 0 Å². The lowest BCUT2D eigenvalue weighted by molar-refractivity contribution is -0.138. The number of aromatic nitrogens is 2. The molecule has 0 aliphatic heterocycles. The van der Waals surface area contributed by atoms with E-state index in [0.717, 1.165) is 12.1 Å². The summed E-state index contributed by atoms with van der Waals surface area (Å²) in [5, 5.41) is 8.66. The summed E-state index contributed by atoms with van der Waals surface area (Å²) in [6.45, 7) is -0.0586. The van der Waals surface area contributed by atoms with E-state index in [1.54, 1.807) is 0 Å².